The summed E-state index contributed by atoms with van der Waals surface area (Å²) in [5.74, 6) is 0.565. The number of aromatic nitrogens is 4. The number of hydrogen-bond donors (Lipinski definition) is 1. The average molecular weight is 313 g/mol. The highest BCUT2D eigenvalue weighted by Crippen LogP contribution is 2.15. The molecular weight excluding hydrogens is 293 g/mol. The number of nitrogens with zero attached hydrogens (tertiary/aromatic N) is 4. The van der Waals surface area contributed by atoms with Crippen LogP contribution < -0.4 is 0 Å². The number of aromatic amines is 1. The molecule has 0 spiro atoms. The van der Waals surface area contributed by atoms with Gasteiger partial charge in [0.05, 0.1) is 30.3 Å². The Morgan fingerprint density at radius 1 is 1.39 bits per heavy atom. The number of halogens is 1. The van der Waals surface area contributed by atoms with Crippen LogP contribution in [0.1, 0.15) is 17.1 Å². The molecule has 6 heteroatoms. The minimum absolute atomic E-state index is 0.258. The van der Waals surface area contributed by atoms with Gasteiger partial charge in [0.25, 0.3) is 0 Å². The van der Waals surface area contributed by atoms with Gasteiger partial charge in [-0.1, -0.05) is 6.08 Å². The molecule has 1 aromatic carbocycles. The summed E-state index contributed by atoms with van der Waals surface area (Å²) < 4.78 is 15.2. The van der Waals surface area contributed by atoms with Crippen molar-refractivity contribution in [2.45, 2.75) is 26.6 Å². The predicted molar refractivity (Wildman–Crippen MR) is 88.4 cm³/mol. The molecule has 1 N–H and O–H groups in total. The van der Waals surface area contributed by atoms with Gasteiger partial charge in [-0.3, -0.25) is 9.58 Å². The molecule has 0 saturated carbocycles. The molecule has 0 aliphatic heterocycles. The Morgan fingerprint density at radius 2 is 2.22 bits per heavy atom. The molecule has 23 heavy (non-hydrogen) atoms. The number of rotatable bonds is 6. The highest BCUT2D eigenvalue weighted by Gasteiger charge is 2.11. The zero-order chi connectivity index (χ0) is 16.4. The van der Waals surface area contributed by atoms with E-state index in [0.717, 1.165) is 29.1 Å². The van der Waals surface area contributed by atoms with E-state index in [1.54, 1.807) is 6.07 Å². The Bertz CT molecular complexity index is 833. The van der Waals surface area contributed by atoms with Crippen molar-refractivity contribution in [3.8, 4) is 0 Å². The van der Waals surface area contributed by atoms with Gasteiger partial charge in [-0.15, -0.1) is 6.58 Å². The van der Waals surface area contributed by atoms with Gasteiger partial charge in [0.15, 0.2) is 0 Å². The summed E-state index contributed by atoms with van der Waals surface area (Å²) in [6.07, 6.45) is 3.73. The SMILES string of the molecule is C=CCn1ncc(CN(C)Cc2nc3ccc(F)cc3[nH]2)c1C. The van der Waals surface area contributed by atoms with Gasteiger partial charge in [0, 0.05) is 17.8 Å². The van der Waals surface area contributed by atoms with Gasteiger partial charge in [-0.25, -0.2) is 9.37 Å². The molecule has 3 aromatic rings. The summed E-state index contributed by atoms with van der Waals surface area (Å²) in [6.45, 7) is 7.94. The third-order valence-electron chi connectivity index (χ3n) is 3.86. The van der Waals surface area contributed by atoms with E-state index in [2.05, 4.69) is 33.5 Å². The zero-order valence-electron chi connectivity index (χ0n) is 13.4. The van der Waals surface area contributed by atoms with Crippen LogP contribution >= 0.6 is 0 Å². The van der Waals surface area contributed by atoms with Gasteiger partial charge in [-0.2, -0.15) is 5.10 Å². The van der Waals surface area contributed by atoms with Crippen molar-refractivity contribution in [2.24, 2.45) is 0 Å². The molecular formula is C17H20FN5. The maximum atomic E-state index is 13.2. The highest BCUT2D eigenvalue weighted by molar-refractivity contribution is 5.74. The largest absolute Gasteiger partial charge is 0.341 e. The Morgan fingerprint density at radius 3 is 3.00 bits per heavy atom. The van der Waals surface area contributed by atoms with Crippen molar-refractivity contribution in [3.63, 3.8) is 0 Å². The van der Waals surface area contributed by atoms with Crippen molar-refractivity contribution in [1.82, 2.24) is 24.6 Å². The third kappa shape index (κ3) is 3.32. The van der Waals surface area contributed by atoms with E-state index in [1.165, 1.54) is 17.7 Å². The van der Waals surface area contributed by atoms with E-state index >= 15 is 0 Å². The Hall–Kier alpha value is -2.47. The standard InChI is InChI=1S/C17H20FN5/c1-4-7-23-12(2)13(9-19-23)10-22(3)11-17-20-15-6-5-14(18)8-16(15)21-17/h4-6,8-9H,1,7,10-11H2,2-3H3,(H,20,21). The normalized spacial score (nSPS) is 11.5. The summed E-state index contributed by atoms with van der Waals surface area (Å²) >= 11 is 0. The molecule has 0 aliphatic carbocycles. The number of imidazole rings is 1. The van der Waals surface area contributed by atoms with Gasteiger partial charge in [0.2, 0.25) is 0 Å². The summed E-state index contributed by atoms with van der Waals surface area (Å²) in [5.41, 5.74) is 3.83. The first-order chi connectivity index (χ1) is 11.1. The lowest BCUT2D eigenvalue weighted by Crippen LogP contribution is -2.18. The maximum Gasteiger partial charge on any atom is 0.125 e. The van der Waals surface area contributed by atoms with Gasteiger partial charge in [0.1, 0.15) is 11.6 Å². The van der Waals surface area contributed by atoms with E-state index in [-0.39, 0.29) is 5.82 Å². The highest BCUT2D eigenvalue weighted by atomic mass is 19.1. The lowest BCUT2D eigenvalue weighted by Gasteiger charge is -2.14. The zero-order valence-corrected chi connectivity index (χ0v) is 13.4. The van der Waals surface area contributed by atoms with Crippen molar-refractivity contribution < 1.29 is 4.39 Å². The van der Waals surface area contributed by atoms with Crippen molar-refractivity contribution >= 4 is 11.0 Å². The second-order valence-corrected chi connectivity index (χ2v) is 5.74. The molecule has 0 amide bonds. The second kappa shape index (κ2) is 6.34. The van der Waals surface area contributed by atoms with E-state index in [4.69, 9.17) is 0 Å². The quantitative estimate of drug-likeness (QED) is 0.712. The molecule has 0 fully saturated rings. The van der Waals surface area contributed by atoms with Crippen LogP contribution in [0.4, 0.5) is 4.39 Å². The molecule has 3 rings (SSSR count). The van der Waals surface area contributed by atoms with Crippen molar-refractivity contribution in [2.75, 3.05) is 7.05 Å². The predicted octanol–water partition coefficient (Wildman–Crippen LogP) is 3.02. The van der Waals surface area contributed by atoms with Crippen LogP contribution in [-0.2, 0) is 19.6 Å². The topological polar surface area (TPSA) is 49.7 Å². The Labute approximate surface area is 134 Å². The van der Waals surface area contributed by atoms with Crippen molar-refractivity contribution in [1.29, 1.82) is 0 Å². The molecule has 0 atom stereocenters. The molecule has 2 heterocycles. The molecule has 0 radical (unpaired) electrons. The van der Waals surface area contributed by atoms with Gasteiger partial charge >= 0.3 is 0 Å². The van der Waals surface area contributed by atoms with Crippen molar-refractivity contribution in [3.05, 3.63) is 59.9 Å². The first-order valence-corrected chi connectivity index (χ1v) is 7.51. The van der Waals surface area contributed by atoms with E-state index < -0.39 is 0 Å². The Balaban J connectivity index is 1.70. The van der Waals surface area contributed by atoms with Gasteiger partial charge in [-0.05, 0) is 32.2 Å². The number of allylic oxidation sites excluding steroid dienone is 1. The third-order valence-corrected chi connectivity index (χ3v) is 3.86. The minimum Gasteiger partial charge on any atom is -0.341 e. The lowest BCUT2D eigenvalue weighted by molar-refractivity contribution is 0.311. The first kappa shape index (κ1) is 15.4. The van der Waals surface area contributed by atoms with Crippen LogP contribution in [0.25, 0.3) is 11.0 Å². The molecule has 0 unspecified atom stereocenters. The van der Waals surface area contributed by atoms with E-state index in [1.807, 2.05) is 24.0 Å². The fourth-order valence-electron chi connectivity index (χ4n) is 2.66. The molecule has 0 aliphatic rings. The van der Waals surface area contributed by atoms with Crippen LogP contribution in [0.2, 0.25) is 0 Å². The van der Waals surface area contributed by atoms with E-state index in [9.17, 15) is 4.39 Å². The molecule has 5 nitrogen and oxygen atoms in total. The number of fused-ring (bicyclic) bond motifs is 1. The van der Waals surface area contributed by atoms with Crippen LogP contribution in [0.3, 0.4) is 0 Å². The van der Waals surface area contributed by atoms with Crippen LogP contribution in [0.5, 0.6) is 0 Å². The summed E-state index contributed by atoms with van der Waals surface area (Å²) in [4.78, 5) is 9.81. The molecule has 2 aromatic heterocycles. The second-order valence-electron chi connectivity index (χ2n) is 5.74. The molecule has 120 valence electrons. The molecule has 0 saturated heterocycles. The Kier molecular flexibility index (Phi) is 4.25. The van der Waals surface area contributed by atoms with Crippen LogP contribution in [0.15, 0.2) is 37.1 Å². The summed E-state index contributed by atoms with van der Waals surface area (Å²) in [6, 6.07) is 4.58. The van der Waals surface area contributed by atoms with E-state index in [0.29, 0.717) is 13.1 Å². The monoisotopic (exact) mass is 313 g/mol. The number of benzene rings is 1. The fraction of sp³-hybridized carbons (Fsp3) is 0.294. The summed E-state index contributed by atoms with van der Waals surface area (Å²) in [5, 5.41) is 4.36. The number of hydrogen-bond acceptors (Lipinski definition) is 3. The number of H-pyrrole nitrogens is 1. The number of nitrogens with one attached hydrogen (secondary N) is 1. The molecule has 0 bridgehead atoms. The van der Waals surface area contributed by atoms with Crippen LogP contribution in [0, 0.1) is 12.7 Å². The maximum absolute atomic E-state index is 13.2. The minimum atomic E-state index is -0.258. The smallest absolute Gasteiger partial charge is 0.125 e. The average Bonchev–Trinajstić information content (AvgIpc) is 3.04. The lowest BCUT2D eigenvalue weighted by atomic mass is 10.2. The first-order valence-electron chi connectivity index (χ1n) is 7.51. The fourth-order valence-corrected chi connectivity index (χ4v) is 2.66. The summed E-state index contributed by atoms with van der Waals surface area (Å²) in [7, 11) is 2.03. The van der Waals surface area contributed by atoms with Gasteiger partial charge < -0.3 is 4.98 Å². The van der Waals surface area contributed by atoms with Crippen LogP contribution in [-0.4, -0.2) is 31.7 Å².